The molecule has 0 saturated heterocycles. The maximum atomic E-state index is 11.1. The van der Waals surface area contributed by atoms with E-state index in [2.05, 4.69) is 0 Å². The standard InChI is InChI=1S/C11H11NO3S3.K/c1-8(18(13,14)15)12-10(7-17-11(12)16)9-5-3-2-4-6-9;/h2-8H,1H3,(H,13,14,15);/q;+1/p-1. The monoisotopic (exact) mass is 339 g/mol. The van der Waals surface area contributed by atoms with Crippen LogP contribution < -0.4 is 51.4 Å². The molecular formula is C11H10KNO3S3. The zero-order chi connectivity index (χ0) is 13.3. The van der Waals surface area contributed by atoms with E-state index in [4.69, 9.17) is 12.2 Å². The Morgan fingerprint density at radius 3 is 2.42 bits per heavy atom. The van der Waals surface area contributed by atoms with E-state index in [1.807, 2.05) is 30.3 Å². The molecular weight excluding hydrogens is 329 g/mol. The van der Waals surface area contributed by atoms with Crippen molar-refractivity contribution < 1.29 is 64.4 Å². The van der Waals surface area contributed by atoms with Gasteiger partial charge in [-0.1, -0.05) is 30.3 Å². The maximum Gasteiger partial charge on any atom is 1.00 e. The van der Waals surface area contributed by atoms with Crippen LogP contribution in [0.3, 0.4) is 0 Å². The molecule has 0 spiro atoms. The Morgan fingerprint density at radius 1 is 1.32 bits per heavy atom. The summed E-state index contributed by atoms with van der Waals surface area (Å²) < 4.78 is 35.2. The van der Waals surface area contributed by atoms with Crippen LogP contribution in [0.15, 0.2) is 35.7 Å². The molecule has 1 aromatic carbocycles. The summed E-state index contributed by atoms with van der Waals surface area (Å²) in [4.78, 5) is 0. The number of thiazole rings is 1. The molecule has 2 rings (SSSR count). The predicted octanol–water partition coefficient (Wildman–Crippen LogP) is 0.0138. The predicted molar refractivity (Wildman–Crippen MR) is 73.0 cm³/mol. The van der Waals surface area contributed by atoms with Gasteiger partial charge < -0.3 is 9.12 Å². The van der Waals surface area contributed by atoms with E-state index in [1.54, 1.807) is 5.38 Å². The fourth-order valence-electron chi connectivity index (χ4n) is 1.61. The largest absolute Gasteiger partial charge is 1.00 e. The van der Waals surface area contributed by atoms with Gasteiger partial charge in [0.05, 0.1) is 5.69 Å². The number of nitrogens with zero attached hydrogens (tertiary/aromatic N) is 1. The Hall–Kier alpha value is 0.616. The normalized spacial score (nSPS) is 12.7. The van der Waals surface area contributed by atoms with E-state index in [9.17, 15) is 13.0 Å². The SMILES string of the molecule is CC(n1c(-c2ccccc2)csc1=S)S(=O)(=O)[O-].[K+]. The summed E-state index contributed by atoms with van der Waals surface area (Å²) >= 11 is 6.34. The number of hydrogen-bond acceptors (Lipinski definition) is 5. The fraction of sp³-hybridized carbons (Fsp3) is 0.182. The minimum absolute atomic E-state index is 0. The van der Waals surface area contributed by atoms with Crippen molar-refractivity contribution in [1.29, 1.82) is 0 Å². The third-order valence-corrected chi connectivity index (χ3v) is 4.85. The van der Waals surface area contributed by atoms with E-state index in [-0.39, 0.29) is 51.4 Å². The molecule has 96 valence electrons. The Kier molecular flexibility index (Phi) is 6.56. The Balaban J connectivity index is 0.00000180. The fourth-order valence-corrected chi connectivity index (χ4v) is 3.45. The summed E-state index contributed by atoms with van der Waals surface area (Å²) in [6.07, 6.45) is 0. The van der Waals surface area contributed by atoms with Crippen molar-refractivity contribution in [3.05, 3.63) is 39.7 Å². The van der Waals surface area contributed by atoms with Crippen LogP contribution in [0.2, 0.25) is 0 Å². The third kappa shape index (κ3) is 4.05. The van der Waals surface area contributed by atoms with E-state index >= 15 is 0 Å². The van der Waals surface area contributed by atoms with Crippen molar-refractivity contribution in [3.63, 3.8) is 0 Å². The van der Waals surface area contributed by atoms with Gasteiger partial charge in [-0.15, -0.1) is 11.3 Å². The van der Waals surface area contributed by atoms with Crippen molar-refractivity contribution in [2.24, 2.45) is 0 Å². The van der Waals surface area contributed by atoms with Crippen LogP contribution in [0.5, 0.6) is 0 Å². The molecule has 0 radical (unpaired) electrons. The van der Waals surface area contributed by atoms with Gasteiger partial charge in [-0.25, -0.2) is 8.42 Å². The van der Waals surface area contributed by atoms with E-state index in [0.717, 1.165) is 5.56 Å². The van der Waals surface area contributed by atoms with Crippen molar-refractivity contribution in [1.82, 2.24) is 4.57 Å². The molecule has 0 fully saturated rings. The van der Waals surface area contributed by atoms with Gasteiger partial charge >= 0.3 is 51.4 Å². The van der Waals surface area contributed by atoms with Crippen LogP contribution in [0.25, 0.3) is 11.3 Å². The van der Waals surface area contributed by atoms with Crippen LogP contribution in [0, 0.1) is 3.95 Å². The second-order valence-electron chi connectivity index (χ2n) is 3.71. The van der Waals surface area contributed by atoms with Crippen LogP contribution in [0.4, 0.5) is 0 Å². The number of benzene rings is 1. The topological polar surface area (TPSA) is 62.1 Å². The van der Waals surface area contributed by atoms with E-state index in [1.165, 1.54) is 22.8 Å². The first-order valence-electron chi connectivity index (χ1n) is 5.11. The molecule has 0 aliphatic rings. The number of hydrogen-bond donors (Lipinski definition) is 0. The zero-order valence-corrected chi connectivity index (χ0v) is 16.0. The van der Waals surface area contributed by atoms with Crippen molar-refractivity contribution in [2.75, 3.05) is 0 Å². The maximum absolute atomic E-state index is 11.1. The molecule has 19 heavy (non-hydrogen) atoms. The van der Waals surface area contributed by atoms with Crippen molar-refractivity contribution in [3.8, 4) is 11.3 Å². The van der Waals surface area contributed by atoms with Gasteiger partial charge in [-0.3, -0.25) is 0 Å². The number of aromatic nitrogens is 1. The summed E-state index contributed by atoms with van der Waals surface area (Å²) in [7, 11) is -4.43. The van der Waals surface area contributed by atoms with E-state index < -0.39 is 15.5 Å². The van der Waals surface area contributed by atoms with Gasteiger partial charge in [0.25, 0.3) is 0 Å². The molecule has 0 N–H and O–H groups in total. The Bertz CT molecular complexity index is 706. The summed E-state index contributed by atoms with van der Waals surface area (Å²) in [6, 6.07) is 9.24. The molecule has 4 nitrogen and oxygen atoms in total. The summed E-state index contributed by atoms with van der Waals surface area (Å²) in [5.74, 6) is 0. The molecule has 1 heterocycles. The minimum Gasteiger partial charge on any atom is -0.746 e. The summed E-state index contributed by atoms with van der Waals surface area (Å²) in [6.45, 7) is 1.34. The van der Waals surface area contributed by atoms with Gasteiger partial charge in [0.2, 0.25) is 0 Å². The van der Waals surface area contributed by atoms with Gasteiger partial charge in [0.15, 0.2) is 3.95 Å². The molecule has 8 heteroatoms. The van der Waals surface area contributed by atoms with Gasteiger partial charge in [0, 0.05) is 5.38 Å². The van der Waals surface area contributed by atoms with Gasteiger partial charge in [0.1, 0.15) is 15.5 Å². The molecule has 0 aliphatic carbocycles. The molecule has 1 unspecified atom stereocenters. The third-order valence-electron chi connectivity index (χ3n) is 2.58. The van der Waals surface area contributed by atoms with Crippen LogP contribution in [0.1, 0.15) is 12.3 Å². The zero-order valence-electron chi connectivity index (χ0n) is 10.4. The minimum atomic E-state index is -4.43. The molecule has 1 aromatic heterocycles. The first kappa shape index (κ1) is 17.7. The van der Waals surface area contributed by atoms with Crippen molar-refractivity contribution in [2.45, 2.75) is 12.3 Å². The summed E-state index contributed by atoms with van der Waals surface area (Å²) in [5, 5.41) is 0.561. The molecule has 0 saturated carbocycles. The van der Waals surface area contributed by atoms with E-state index in [0.29, 0.717) is 9.65 Å². The second kappa shape index (κ2) is 7.06. The molecule has 0 aliphatic heterocycles. The Morgan fingerprint density at radius 2 is 1.89 bits per heavy atom. The number of rotatable bonds is 3. The van der Waals surface area contributed by atoms with Crippen LogP contribution in [-0.4, -0.2) is 17.5 Å². The Labute approximate surface area is 163 Å². The van der Waals surface area contributed by atoms with Gasteiger partial charge in [-0.05, 0) is 24.7 Å². The first-order valence-corrected chi connectivity index (χ1v) is 7.87. The summed E-state index contributed by atoms with van der Waals surface area (Å²) in [5.41, 5.74) is 1.48. The van der Waals surface area contributed by atoms with Gasteiger partial charge in [-0.2, -0.15) is 0 Å². The second-order valence-corrected chi connectivity index (χ2v) is 6.89. The molecule has 0 amide bonds. The van der Waals surface area contributed by atoms with Crippen LogP contribution >= 0.6 is 23.6 Å². The van der Waals surface area contributed by atoms with Crippen LogP contribution in [-0.2, 0) is 10.1 Å². The average molecular weight is 340 g/mol. The molecule has 2 aromatic rings. The average Bonchev–Trinajstić information content (AvgIpc) is 2.70. The quantitative estimate of drug-likeness (QED) is 0.449. The van der Waals surface area contributed by atoms with Crippen molar-refractivity contribution >= 4 is 33.7 Å². The molecule has 1 atom stereocenters. The molecule has 0 bridgehead atoms. The smallest absolute Gasteiger partial charge is 0.746 e. The first-order chi connectivity index (χ1) is 8.41.